The molecule has 0 unspecified atom stereocenters. The van der Waals surface area contributed by atoms with Gasteiger partial charge in [0.2, 0.25) is 5.95 Å². The van der Waals surface area contributed by atoms with Crippen molar-refractivity contribution < 1.29 is 0 Å². The van der Waals surface area contributed by atoms with E-state index in [1.165, 1.54) is 5.56 Å². The smallest absolute Gasteiger partial charge is 0.264 e. The molecule has 5 aromatic rings. The lowest BCUT2D eigenvalue weighted by Crippen LogP contribution is -2.22. The fraction of sp³-hybridized carbons (Fsp3) is 0.194. The minimum atomic E-state index is -0.0778. The number of aryl methyl sites for hydroxylation is 4. The molecule has 0 bridgehead atoms. The molecule has 0 amide bonds. The van der Waals surface area contributed by atoms with Crippen molar-refractivity contribution in [3.63, 3.8) is 0 Å². The molecule has 0 aliphatic carbocycles. The van der Waals surface area contributed by atoms with Gasteiger partial charge in [-0.3, -0.25) is 9.36 Å². The molecule has 184 valence electrons. The Kier molecular flexibility index (Phi) is 6.14. The topological polar surface area (TPSA) is 75.6 Å². The van der Waals surface area contributed by atoms with Crippen LogP contribution in [0.4, 0.5) is 5.95 Å². The van der Waals surface area contributed by atoms with E-state index in [-0.39, 0.29) is 5.56 Å². The molecule has 37 heavy (non-hydrogen) atoms. The number of nitrogens with one attached hydrogen (secondary N) is 1. The van der Waals surface area contributed by atoms with E-state index in [0.717, 1.165) is 38.9 Å². The predicted molar refractivity (Wildman–Crippen MR) is 150 cm³/mol. The van der Waals surface area contributed by atoms with Crippen LogP contribution in [0.1, 0.15) is 27.8 Å². The van der Waals surface area contributed by atoms with Gasteiger partial charge in [-0.05, 0) is 60.2 Å². The Morgan fingerprint density at radius 2 is 1.62 bits per heavy atom. The van der Waals surface area contributed by atoms with Crippen LogP contribution in [-0.4, -0.2) is 14.1 Å². The number of fused-ring (bicyclic) bond motifs is 1. The molecule has 0 atom stereocenters. The second-order valence-corrected chi connectivity index (χ2v) is 9.63. The summed E-state index contributed by atoms with van der Waals surface area (Å²) in [4.78, 5) is 18.4. The first-order chi connectivity index (χ1) is 17.8. The second kappa shape index (κ2) is 9.44. The number of nitrogens with zero attached hydrogens (tertiary/aromatic N) is 4. The van der Waals surface area contributed by atoms with Crippen LogP contribution >= 0.6 is 0 Å². The first-order valence-corrected chi connectivity index (χ1v) is 12.2. The number of anilines is 1. The van der Waals surface area contributed by atoms with Gasteiger partial charge in [0.25, 0.3) is 5.56 Å². The summed E-state index contributed by atoms with van der Waals surface area (Å²) in [5.74, 6) is 0.515. The van der Waals surface area contributed by atoms with Crippen molar-refractivity contribution in [1.29, 1.82) is 5.26 Å². The number of aromatic nitrogens is 3. The molecule has 0 saturated carbocycles. The standard InChI is InChI=1S/C31H29N5O/c1-19-14-20(2)27(21(3)15-19)26-18-35(4)29-28(26)30(37)36(5)31(34-29)33-17-22-10-12-23(13-11-22)25-9-7-6-8-24(25)16-32/h6-15,18H,17H2,1-5H3,(H,33,34). The van der Waals surface area contributed by atoms with Gasteiger partial charge in [0.1, 0.15) is 5.65 Å². The molecular formula is C31H29N5O. The molecular weight excluding hydrogens is 458 g/mol. The van der Waals surface area contributed by atoms with Gasteiger partial charge in [0.05, 0.1) is 17.0 Å². The Hall–Kier alpha value is -4.63. The fourth-order valence-electron chi connectivity index (χ4n) is 5.17. The highest BCUT2D eigenvalue weighted by Gasteiger charge is 2.19. The van der Waals surface area contributed by atoms with E-state index in [4.69, 9.17) is 4.98 Å². The highest BCUT2D eigenvalue weighted by molar-refractivity contribution is 5.95. The Balaban J connectivity index is 1.46. The molecule has 0 radical (unpaired) electrons. The third-order valence-electron chi connectivity index (χ3n) is 6.91. The summed E-state index contributed by atoms with van der Waals surface area (Å²) in [6.45, 7) is 6.78. The largest absolute Gasteiger partial charge is 0.351 e. The van der Waals surface area contributed by atoms with Gasteiger partial charge in [-0.2, -0.15) is 10.2 Å². The summed E-state index contributed by atoms with van der Waals surface area (Å²) in [7, 11) is 3.68. The lowest BCUT2D eigenvalue weighted by atomic mass is 9.94. The first kappa shape index (κ1) is 24.1. The van der Waals surface area contributed by atoms with E-state index in [1.807, 2.05) is 66.3 Å². The normalized spacial score (nSPS) is 11.0. The number of rotatable bonds is 5. The summed E-state index contributed by atoms with van der Waals surface area (Å²) in [5, 5.41) is 13.4. The van der Waals surface area contributed by atoms with Crippen LogP contribution in [0, 0.1) is 32.1 Å². The summed E-state index contributed by atoms with van der Waals surface area (Å²) < 4.78 is 3.51. The molecule has 0 fully saturated rings. The van der Waals surface area contributed by atoms with Gasteiger partial charge < -0.3 is 9.88 Å². The lowest BCUT2D eigenvalue weighted by Gasteiger charge is -2.13. The van der Waals surface area contributed by atoms with Crippen molar-refractivity contribution in [2.24, 2.45) is 14.1 Å². The van der Waals surface area contributed by atoms with E-state index < -0.39 is 0 Å². The third-order valence-corrected chi connectivity index (χ3v) is 6.91. The van der Waals surface area contributed by atoms with Crippen LogP contribution in [0.15, 0.2) is 71.7 Å². The van der Waals surface area contributed by atoms with Gasteiger partial charge in [-0.25, -0.2) is 0 Å². The zero-order valence-electron chi connectivity index (χ0n) is 21.8. The van der Waals surface area contributed by atoms with Crippen LogP contribution in [0.2, 0.25) is 0 Å². The minimum absolute atomic E-state index is 0.0778. The quantitative estimate of drug-likeness (QED) is 0.329. The SMILES string of the molecule is Cc1cc(C)c(-c2cn(C)c3nc(NCc4ccc(-c5ccccc5C#N)cc4)n(C)c(=O)c23)c(C)c1. The summed E-state index contributed by atoms with van der Waals surface area (Å²) >= 11 is 0. The van der Waals surface area contributed by atoms with Crippen LogP contribution in [0.5, 0.6) is 0 Å². The molecule has 0 saturated heterocycles. The summed E-state index contributed by atoms with van der Waals surface area (Å²) in [5.41, 5.74) is 9.70. The Morgan fingerprint density at radius 1 is 0.946 bits per heavy atom. The van der Waals surface area contributed by atoms with Crippen molar-refractivity contribution in [1.82, 2.24) is 14.1 Å². The number of benzene rings is 3. The molecule has 6 heteroatoms. The van der Waals surface area contributed by atoms with E-state index in [0.29, 0.717) is 29.1 Å². The molecule has 2 aromatic heterocycles. The summed E-state index contributed by atoms with van der Waals surface area (Å²) in [6.07, 6.45) is 2.01. The van der Waals surface area contributed by atoms with Crippen molar-refractivity contribution in [2.45, 2.75) is 27.3 Å². The zero-order valence-corrected chi connectivity index (χ0v) is 21.8. The van der Waals surface area contributed by atoms with Crippen LogP contribution in [0.3, 0.4) is 0 Å². The average molecular weight is 488 g/mol. The monoisotopic (exact) mass is 487 g/mol. The maximum absolute atomic E-state index is 13.6. The first-order valence-electron chi connectivity index (χ1n) is 12.2. The fourth-order valence-corrected chi connectivity index (χ4v) is 5.17. The van der Waals surface area contributed by atoms with E-state index in [1.54, 1.807) is 11.6 Å². The lowest BCUT2D eigenvalue weighted by molar-refractivity contribution is 0.828. The van der Waals surface area contributed by atoms with Crippen LogP contribution in [-0.2, 0) is 20.6 Å². The average Bonchev–Trinajstić information content (AvgIpc) is 3.20. The maximum Gasteiger partial charge on any atom is 0.264 e. The second-order valence-electron chi connectivity index (χ2n) is 9.63. The molecule has 0 aliphatic rings. The molecule has 5 rings (SSSR count). The number of hydrogen-bond acceptors (Lipinski definition) is 4. The molecule has 6 nitrogen and oxygen atoms in total. The van der Waals surface area contributed by atoms with Crippen LogP contribution in [0.25, 0.3) is 33.3 Å². The van der Waals surface area contributed by atoms with Crippen molar-refractivity contribution >= 4 is 17.0 Å². The number of hydrogen-bond donors (Lipinski definition) is 1. The summed E-state index contributed by atoms with van der Waals surface area (Å²) in [6, 6.07) is 22.2. The van der Waals surface area contributed by atoms with Crippen LogP contribution < -0.4 is 10.9 Å². The van der Waals surface area contributed by atoms with Gasteiger partial charge in [-0.15, -0.1) is 0 Å². The maximum atomic E-state index is 13.6. The van der Waals surface area contributed by atoms with E-state index >= 15 is 0 Å². The van der Waals surface area contributed by atoms with Gasteiger partial charge in [-0.1, -0.05) is 60.2 Å². The van der Waals surface area contributed by atoms with Crippen molar-refractivity contribution in [3.8, 4) is 28.3 Å². The van der Waals surface area contributed by atoms with Gasteiger partial charge in [0, 0.05) is 32.4 Å². The van der Waals surface area contributed by atoms with E-state index in [9.17, 15) is 10.1 Å². The minimum Gasteiger partial charge on any atom is -0.351 e. The van der Waals surface area contributed by atoms with E-state index in [2.05, 4.69) is 44.3 Å². The molecule has 0 spiro atoms. The zero-order chi connectivity index (χ0) is 26.3. The highest BCUT2D eigenvalue weighted by Crippen LogP contribution is 2.33. The predicted octanol–water partition coefficient (Wildman–Crippen LogP) is 6.02. The molecule has 2 heterocycles. The molecule has 0 aliphatic heterocycles. The molecule has 3 aromatic carbocycles. The Bertz CT molecular complexity index is 1730. The Morgan fingerprint density at radius 3 is 2.30 bits per heavy atom. The Labute approximate surface area is 216 Å². The number of nitriles is 1. The highest BCUT2D eigenvalue weighted by atomic mass is 16.1. The van der Waals surface area contributed by atoms with Crippen molar-refractivity contribution in [2.75, 3.05) is 5.32 Å². The van der Waals surface area contributed by atoms with Gasteiger partial charge in [0.15, 0.2) is 0 Å². The van der Waals surface area contributed by atoms with Gasteiger partial charge >= 0.3 is 0 Å². The molecule has 1 N–H and O–H groups in total. The van der Waals surface area contributed by atoms with Crippen molar-refractivity contribution in [3.05, 3.63) is 105 Å². The third kappa shape index (κ3) is 4.30.